The number of carbonyl (C=O) groups excluding carboxylic acids is 2. The van der Waals surface area contributed by atoms with E-state index in [1.807, 2.05) is 0 Å². The zero-order valence-electron chi connectivity index (χ0n) is 21.2. The number of aromatic hydroxyl groups is 1. The fraction of sp³-hybridized carbons (Fsp3) is 0.542. The summed E-state index contributed by atoms with van der Waals surface area (Å²) in [5.41, 5.74) is 2.28. The standard InChI is InChI=1S/C24H32N2O10/c1-10-12(33-20-15(28)17(35-22(25)31)18(32-7)24(5,6)36-20)9-8-11-14(27)13(19(29)34-16(10)11)26-21(30)23(2,3)4/h8-9,15,17-18,20,27-28H,1-7H3,(H2,25,31)(H,26,30)/t15-,17+,18+,20-/m1/s1. The minimum absolute atomic E-state index is 0.00743. The number of aliphatic hydroxyl groups excluding tert-OH is 1. The van der Waals surface area contributed by atoms with Crippen molar-refractivity contribution in [1.29, 1.82) is 0 Å². The highest BCUT2D eigenvalue weighted by Crippen LogP contribution is 2.38. The molecule has 0 bridgehead atoms. The summed E-state index contributed by atoms with van der Waals surface area (Å²) in [7, 11) is 1.38. The molecule has 198 valence electrons. The maximum absolute atomic E-state index is 12.6. The van der Waals surface area contributed by atoms with Crippen molar-refractivity contribution < 1.29 is 43.2 Å². The number of hydrogen-bond acceptors (Lipinski definition) is 10. The summed E-state index contributed by atoms with van der Waals surface area (Å²) in [5.74, 6) is -0.777. The van der Waals surface area contributed by atoms with Crippen molar-refractivity contribution in [1.82, 2.24) is 0 Å². The minimum Gasteiger partial charge on any atom is -0.505 e. The molecule has 3 rings (SSSR count). The van der Waals surface area contributed by atoms with Crippen molar-refractivity contribution in [3.05, 3.63) is 28.1 Å². The number of aryl methyl sites for hydroxylation is 1. The Kier molecular flexibility index (Phi) is 7.26. The lowest BCUT2D eigenvalue weighted by Gasteiger charge is -2.47. The van der Waals surface area contributed by atoms with E-state index < -0.39 is 59.0 Å². The quantitative estimate of drug-likeness (QED) is 0.437. The van der Waals surface area contributed by atoms with Crippen LogP contribution in [0.2, 0.25) is 0 Å². The third kappa shape index (κ3) is 5.11. The molecule has 12 heteroatoms. The Morgan fingerprint density at radius 3 is 2.42 bits per heavy atom. The first-order valence-electron chi connectivity index (χ1n) is 11.2. The van der Waals surface area contributed by atoms with Crippen molar-refractivity contribution in [2.24, 2.45) is 11.1 Å². The number of anilines is 1. The normalized spacial score (nSPS) is 23.8. The first-order valence-corrected chi connectivity index (χ1v) is 11.2. The van der Waals surface area contributed by atoms with Gasteiger partial charge in [0.15, 0.2) is 23.6 Å². The van der Waals surface area contributed by atoms with Crippen LogP contribution in [-0.2, 0) is 19.0 Å². The number of nitrogens with two attached hydrogens (primary N) is 1. The number of nitrogens with one attached hydrogen (secondary N) is 1. The maximum atomic E-state index is 12.6. The van der Waals surface area contributed by atoms with Crippen molar-refractivity contribution in [3.63, 3.8) is 0 Å². The highest BCUT2D eigenvalue weighted by molar-refractivity contribution is 5.99. The molecule has 0 radical (unpaired) electrons. The molecule has 2 heterocycles. The van der Waals surface area contributed by atoms with Crippen LogP contribution in [0.15, 0.2) is 21.3 Å². The Hall–Kier alpha value is -3.35. The highest BCUT2D eigenvalue weighted by Gasteiger charge is 2.53. The number of benzene rings is 1. The average Bonchev–Trinajstić information content (AvgIpc) is 2.75. The molecule has 4 atom stereocenters. The molecule has 1 saturated heterocycles. The molecule has 12 nitrogen and oxygen atoms in total. The number of aliphatic hydroxyl groups is 1. The second-order valence-electron chi connectivity index (χ2n) is 10.1. The van der Waals surface area contributed by atoms with Gasteiger partial charge in [0.25, 0.3) is 0 Å². The second kappa shape index (κ2) is 9.60. The van der Waals surface area contributed by atoms with Crippen molar-refractivity contribution in [2.45, 2.75) is 71.7 Å². The van der Waals surface area contributed by atoms with Gasteiger partial charge in [0, 0.05) is 18.1 Å². The van der Waals surface area contributed by atoms with Gasteiger partial charge in [0.1, 0.15) is 17.4 Å². The molecule has 0 saturated carbocycles. The predicted molar refractivity (Wildman–Crippen MR) is 128 cm³/mol. The summed E-state index contributed by atoms with van der Waals surface area (Å²) in [5, 5.41) is 24.1. The number of amides is 2. The summed E-state index contributed by atoms with van der Waals surface area (Å²) >= 11 is 0. The molecule has 1 fully saturated rings. The molecule has 2 aromatic rings. The average molecular weight is 509 g/mol. The molecular formula is C24H32N2O10. The van der Waals surface area contributed by atoms with Gasteiger partial charge in [0.05, 0.1) is 11.0 Å². The smallest absolute Gasteiger partial charge is 0.404 e. The van der Waals surface area contributed by atoms with E-state index in [1.165, 1.54) is 19.2 Å². The SMILES string of the molecule is CO[C@H]1[C@@H](OC(N)=O)[C@@H](O)[C@H](Oc2ccc3c(O)c(NC(=O)C(C)(C)C)c(=O)oc3c2C)OC1(C)C. The van der Waals surface area contributed by atoms with Crippen LogP contribution in [0, 0.1) is 12.3 Å². The molecule has 36 heavy (non-hydrogen) atoms. The molecular weight excluding hydrogens is 476 g/mol. The second-order valence-corrected chi connectivity index (χ2v) is 10.1. The van der Waals surface area contributed by atoms with Crippen LogP contribution in [0.3, 0.4) is 0 Å². The summed E-state index contributed by atoms with van der Waals surface area (Å²) < 4.78 is 27.7. The molecule has 1 aromatic carbocycles. The first-order chi connectivity index (χ1) is 16.6. The third-order valence-corrected chi connectivity index (χ3v) is 5.93. The van der Waals surface area contributed by atoms with Crippen LogP contribution in [0.25, 0.3) is 11.0 Å². The van der Waals surface area contributed by atoms with Crippen LogP contribution in [0.4, 0.5) is 10.5 Å². The van der Waals surface area contributed by atoms with Crippen LogP contribution in [0.5, 0.6) is 11.5 Å². The lowest BCUT2D eigenvalue weighted by molar-refractivity contribution is -0.304. The van der Waals surface area contributed by atoms with E-state index in [9.17, 15) is 24.6 Å². The zero-order chi connectivity index (χ0) is 27.2. The van der Waals surface area contributed by atoms with Gasteiger partial charge in [-0.1, -0.05) is 20.8 Å². The fourth-order valence-corrected chi connectivity index (χ4v) is 3.97. The van der Waals surface area contributed by atoms with Crippen molar-refractivity contribution >= 4 is 28.7 Å². The van der Waals surface area contributed by atoms with Gasteiger partial charge in [-0.2, -0.15) is 0 Å². The minimum atomic E-state index is -1.49. The Morgan fingerprint density at radius 1 is 1.22 bits per heavy atom. The van der Waals surface area contributed by atoms with Gasteiger partial charge >= 0.3 is 11.7 Å². The van der Waals surface area contributed by atoms with Gasteiger partial charge in [-0.25, -0.2) is 9.59 Å². The van der Waals surface area contributed by atoms with Crippen LogP contribution < -0.4 is 21.4 Å². The number of rotatable bonds is 5. The largest absolute Gasteiger partial charge is 0.505 e. The molecule has 0 unspecified atom stereocenters. The fourth-order valence-electron chi connectivity index (χ4n) is 3.97. The first kappa shape index (κ1) is 27.2. The van der Waals surface area contributed by atoms with E-state index in [-0.39, 0.29) is 22.4 Å². The molecule has 1 aliphatic heterocycles. The number of fused-ring (bicyclic) bond motifs is 1. The van der Waals surface area contributed by atoms with Gasteiger partial charge in [-0.3, -0.25) is 4.79 Å². The number of methoxy groups -OCH3 is 1. The molecule has 2 amide bonds. The number of primary amides is 1. The van der Waals surface area contributed by atoms with Gasteiger partial charge in [-0.05, 0) is 32.9 Å². The Bertz CT molecular complexity index is 1230. The topological polar surface area (TPSA) is 180 Å². The summed E-state index contributed by atoms with van der Waals surface area (Å²) in [6.07, 6.45) is -5.96. The molecule has 0 aliphatic carbocycles. The van der Waals surface area contributed by atoms with E-state index in [0.717, 1.165) is 0 Å². The Balaban J connectivity index is 1.98. The zero-order valence-corrected chi connectivity index (χ0v) is 21.2. The van der Waals surface area contributed by atoms with Crippen molar-refractivity contribution in [3.8, 4) is 11.5 Å². The predicted octanol–water partition coefficient (Wildman–Crippen LogP) is 2.15. The monoisotopic (exact) mass is 508 g/mol. The Morgan fingerprint density at radius 2 is 1.86 bits per heavy atom. The van der Waals surface area contributed by atoms with E-state index in [4.69, 9.17) is 29.1 Å². The van der Waals surface area contributed by atoms with Gasteiger partial charge in [0.2, 0.25) is 12.2 Å². The lowest BCUT2D eigenvalue weighted by atomic mass is 9.89. The van der Waals surface area contributed by atoms with E-state index in [0.29, 0.717) is 5.56 Å². The Labute approximate surface area is 207 Å². The number of ether oxygens (including phenoxy) is 4. The summed E-state index contributed by atoms with van der Waals surface area (Å²) in [6, 6.07) is 2.90. The third-order valence-electron chi connectivity index (χ3n) is 5.93. The molecule has 5 N–H and O–H groups in total. The van der Waals surface area contributed by atoms with Crippen LogP contribution in [-0.4, -0.2) is 59.5 Å². The van der Waals surface area contributed by atoms with Crippen LogP contribution >= 0.6 is 0 Å². The molecule has 0 spiro atoms. The maximum Gasteiger partial charge on any atom is 0.404 e. The lowest BCUT2D eigenvalue weighted by Crippen LogP contribution is -2.65. The summed E-state index contributed by atoms with van der Waals surface area (Å²) in [6.45, 7) is 9.88. The van der Waals surface area contributed by atoms with E-state index >= 15 is 0 Å². The van der Waals surface area contributed by atoms with E-state index in [2.05, 4.69) is 5.32 Å². The van der Waals surface area contributed by atoms with Gasteiger partial charge in [-0.15, -0.1) is 0 Å². The van der Waals surface area contributed by atoms with E-state index in [1.54, 1.807) is 41.5 Å². The number of carbonyl (C=O) groups is 2. The highest BCUT2D eigenvalue weighted by atomic mass is 16.7. The number of hydrogen-bond donors (Lipinski definition) is 4. The molecule has 1 aliphatic rings. The van der Waals surface area contributed by atoms with Gasteiger partial charge < -0.3 is 44.6 Å². The summed E-state index contributed by atoms with van der Waals surface area (Å²) in [4.78, 5) is 36.4. The van der Waals surface area contributed by atoms with Crippen LogP contribution in [0.1, 0.15) is 40.2 Å². The molecule has 1 aromatic heterocycles. The van der Waals surface area contributed by atoms with Crippen molar-refractivity contribution in [2.75, 3.05) is 12.4 Å².